The number of nitrogens with zero attached hydrogens (tertiary/aromatic N) is 6. The zero-order chi connectivity index (χ0) is 22.2. The summed E-state index contributed by atoms with van der Waals surface area (Å²) in [4.78, 5) is 21.0. The molecule has 2 aromatic rings. The van der Waals surface area contributed by atoms with Gasteiger partial charge in [-0.15, -0.1) is 5.10 Å². The smallest absolute Gasteiger partial charge is 0.222 e. The van der Waals surface area contributed by atoms with Gasteiger partial charge in [-0.3, -0.25) is 14.7 Å². The van der Waals surface area contributed by atoms with Crippen LogP contribution in [0, 0.1) is 5.92 Å². The van der Waals surface area contributed by atoms with E-state index in [2.05, 4.69) is 34.2 Å². The SMILES string of the molecule is C[C@@H]1CN([C@@H](C)CO)C(=O)CCCn2nncc2CO[C@@H]1CN(C)Cc1ccncc1. The number of likely N-dealkylation sites (N-methyl/N-ethyl adjacent to an activating group) is 1. The molecule has 0 fully saturated rings. The number of aryl methyl sites for hydroxylation is 1. The average Bonchev–Trinajstić information content (AvgIpc) is 3.21. The van der Waals surface area contributed by atoms with Crippen LogP contribution in [0.2, 0.25) is 0 Å². The van der Waals surface area contributed by atoms with Crippen LogP contribution in [0.5, 0.6) is 0 Å². The van der Waals surface area contributed by atoms with Gasteiger partial charge in [-0.25, -0.2) is 4.68 Å². The first-order valence-electron chi connectivity index (χ1n) is 10.9. The summed E-state index contributed by atoms with van der Waals surface area (Å²) < 4.78 is 8.18. The largest absolute Gasteiger partial charge is 0.394 e. The number of aliphatic hydroxyl groups is 1. The number of fused-ring (bicyclic) bond motifs is 1. The minimum atomic E-state index is -0.227. The van der Waals surface area contributed by atoms with Gasteiger partial charge in [-0.1, -0.05) is 12.1 Å². The number of hydrogen-bond donors (Lipinski definition) is 1. The highest BCUT2D eigenvalue weighted by molar-refractivity contribution is 5.76. The molecule has 0 saturated carbocycles. The highest BCUT2D eigenvalue weighted by atomic mass is 16.5. The Bertz CT molecular complexity index is 815. The van der Waals surface area contributed by atoms with Gasteiger partial charge in [0.1, 0.15) is 0 Å². The Morgan fingerprint density at radius 1 is 1.35 bits per heavy atom. The minimum absolute atomic E-state index is 0.0551. The highest BCUT2D eigenvalue weighted by Gasteiger charge is 2.28. The van der Waals surface area contributed by atoms with E-state index >= 15 is 0 Å². The molecular weight excluding hydrogens is 396 g/mol. The van der Waals surface area contributed by atoms with Crippen LogP contribution in [0.3, 0.4) is 0 Å². The van der Waals surface area contributed by atoms with Gasteiger partial charge in [0.05, 0.1) is 37.3 Å². The Hall–Kier alpha value is -2.36. The van der Waals surface area contributed by atoms with Crippen molar-refractivity contribution in [1.29, 1.82) is 0 Å². The zero-order valence-corrected chi connectivity index (χ0v) is 18.7. The predicted molar refractivity (Wildman–Crippen MR) is 116 cm³/mol. The van der Waals surface area contributed by atoms with Crippen molar-refractivity contribution in [3.63, 3.8) is 0 Å². The number of carbonyl (C=O) groups is 1. The van der Waals surface area contributed by atoms with Crippen LogP contribution in [0.1, 0.15) is 37.9 Å². The number of aliphatic hydroxyl groups excluding tert-OH is 1. The first-order valence-corrected chi connectivity index (χ1v) is 10.9. The number of amides is 1. The summed E-state index contributed by atoms with van der Waals surface area (Å²) in [6, 6.07) is 3.79. The zero-order valence-electron chi connectivity index (χ0n) is 18.7. The quantitative estimate of drug-likeness (QED) is 0.738. The molecule has 0 unspecified atom stereocenters. The van der Waals surface area contributed by atoms with E-state index in [0.29, 0.717) is 39.1 Å². The summed E-state index contributed by atoms with van der Waals surface area (Å²) in [5, 5.41) is 17.9. The van der Waals surface area contributed by atoms with Gasteiger partial charge in [0.15, 0.2) is 0 Å². The molecule has 1 amide bonds. The van der Waals surface area contributed by atoms with Crippen molar-refractivity contribution in [3.05, 3.63) is 42.0 Å². The number of aromatic nitrogens is 4. The minimum Gasteiger partial charge on any atom is -0.394 e. The van der Waals surface area contributed by atoms with Crippen molar-refractivity contribution in [2.75, 3.05) is 26.7 Å². The average molecular weight is 431 g/mol. The third kappa shape index (κ3) is 6.56. The Labute approximate surface area is 184 Å². The van der Waals surface area contributed by atoms with Crippen LogP contribution in [-0.2, 0) is 29.2 Å². The first kappa shape index (κ1) is 23.3. The lowest BCUT2D eigenvalue weighted by molar-refractivity contribution is -0.136. The Morgan fingerprint density at radius 3 is 2.87 bits per heavy atom. The fourth-order valence-electron chi connectivity index (χ4n) is 3.92. The summed E-state index contributed by atoms with van der Waals surface area (Å²) in [6.07, 6.45) is 6.32. The lowest BCUT2D eigenvalue weighted by Gasteiger charge is -2.35. The van der Waals surface area contributed by atoms with Crippen LogP contribution in [0.4, 0.5) is 0 Å². The summed E-state index contributed by atoms with van der Waals surface area (Å²) >= 11 is 0. The number of ether oxygens (including phenoxy) is 1. The van der Waals surface area contributed by atoms with Gasteiger partial charge in [-0.2, -0.15) is 0 Å². The maximum Gasteiger partial charge on any atom is 0.222 e. The van der Waals surface area contributed by atoms with Gasteiger partial charge in [0.25, 0.3) is 0 Å². The molecule has 0 radical (unpaired) electrons. The van der Waals surface area contributed by atoms with Gasteiger partial charge in [0, 0.05) is 50.9 Å². The number of carbonyl (C=O) groups excluding carboxylic acids is 1. The maximum atomic E-state index is 12.9. The van der Waals surface area contributed by atoms with Gasteiger partial charge < -0.3 is 14.7 Å². The van der Waals surface area contributed by atoms with Crippen molar-refractivity contribution in [1.82, 2.24) is 29.8 Å². The number of rotatable bonds is 6. The van der Waals surface area contributed by atoms with Crippen molar-refractivity contribution in [3.8, 4) is 0 Å². The standard InChI is InChI=1S/C22H34N6O3/c1-17-12-27(18(2)15-29)22(30)5-4-10-28-20(11-24-25-28)16-31-21(17)14-26(3)13-19-6-8-23-9-7-19/h6-9,11,17-18,21,29H,4-5,10,12-16H2,1-3H3/t17-,18+,21-/m1/s1. The van der Waals surface area contributed by atoms with Crippen molar-refractivity contribution < 1.29 is 14.6 Å². The molecule has 3 heterocycles. The van der Waals surface area contributed by atoms with Crippen LogP contribution >= 0.6 is 0 Å². The fraction of sp³-hybridized carbons (Fsp3) is 0.636. The molecule has 9 heteroatoms. The maximum absolute atomic E-state index is 12.9. The highest BCUT2D eigenvalue weighted by Crippen LogP contribution is 2.18. The molecule has 1 aliphatic heterocycles. The lowest BCUT2D eigenvalue weighted by atomic mass is 10.0. The third-order valence-corrected chi connectivity index (χ3v) is 5.83. The van der Waals surface area contributed by atoms with Crippen molar-refractivity contribution in [2.24, 2.45) is 5.92 Å². The number of hydrogen-bond acceptors (Lipinski definition) is 7. The molecule has 31 heavy (non-hydrogen) atoms. The Balaban J connectivity index is 1.77. The topological polar surface area (TPSA) is 96.6 Å². The monoisotopic (exact) mass is 430 g/mol. The lowest BCUT2D eigenvalue weighted by Crippen LogP contribution is -2.47. The molecule has 0 spiro atoms. The van der Waals surface area contributed by atoms with E-state index < -0.39 is 0 Å². The second kappa shape index (κ2) is 11.3. The van der Waals surface area contributed by atoms with Crippen LogP contribution in [0.25, 0.3) is 0 Å². The molecular formula is C22H34N6O3. The van der Waals surface area contributed by atoms with E-state index in [1.807, 2.05) is 23.7 Å². The van der Waals surface area contributed by atoms with Gasteiger partial charge in [-0.05, 0) is 38.1 Å². The molecule has 1 aliphatic rings. The molecule has 0 saturated heterocycles. The van der Waals surface area contributed by atoms with E-state index in [1.54, 1.807) is 23.5 Å². The first-order chi connectivity index (χ1) is 15.0. The van der Waals surface area contributed by atoms with Crippen LogP contribution in [0.15, 0.2) is 30.7 Å². The molecule has 0 aliphatic carbocycles. The summed E-state index contributed by atoms with van der Waals surface area (Å²) in [5.74, 6) is 0.140. The van der Waals surface area contributed by atoms with Crippen LogP contribution < -0.4 is 0 Å². The molecule has 170 valence electrons. The summed E-state index contributed by atoms with van der Waals surface area (Å²) in [7, 11) is 2.07. The van der Waals surface area contributed by atoms with E-state index in [-0.39, 0.29) is 30.6 Å². The van der Waals surface area contributed by atoms with Crippen molar-refractivity contribution in [2.45, 2.75) is 58.5 Å². The predicted octanol–water partition coefficient (Wildman–Crippen LogP) is 1.33. The molecule has 0 bridgehead atoms. The van der Waals surface area contributed by atoms with E-state index in [9.17, 15) is 9.90 Å². The molecule has 3 rings (SSSR count). The fourth-order valence-corrected chi connectivity index (χ4v) is 3.92. The summed E-state index contributed by atoms with van der Waals surface area (Å²) in [5.41, 5.74) is 2.11. The Kier molecular flexibility index (Phi) is 8.51. The van der Waals surface area contributed by atoms with Crippen molar-refractivity contribution >= 4 is 5.91 Å². The van der Waals surface area contributed by atoms with E-state index in [0.717, 1.165) is 12.2 Å². The molecule has 9 nitrogen and oxygen atoms in total. The second-order valence-electron chi connectivity index (χ2n) is 8.51. The molecule has 0 aromatic carbocycles. The molecule has 1 N–H and O–H groups in total. The van der Waals surface area contributed by atoms with Gasteiger partial charge in [0.2, 0.25) is 5.91 Å². The van der Waals surface area contributed by atoms with E-state index in [4.69, 9.17) is 4.74 Å². The normalized spacial score (nSPS) is 22.0. The molecule has 2 aromatic heterocycles. The number of pyridine rings is 1. The van der Waals surface area contributed by atoms with E-state index in [1.165, 1.54) is 5.56 Å². The van der Waals surface area contributed by atoms with Gasteiger partial charge >= 0.3 is 0 Å². The summed E-state index contributed by atoms with van der Waals surface area (Å²) in [6.45, 7) is 7.02. The van der Waals surface area contributed by atoms with Crippen LogP contribution in [-0.4, -0.2) is 79.7 Å². The molecule has 3 atom stereocenters. The Morgan fingerprint density at radius 2 is 2.13 bits per heavy atom. The third-order valence-electron chi connectivity index (χ3n) is 5.83. The second-order valence-corrected chi connectivity index (χ2v) is 8.51.